The van der Waals surface area contributed by atoms with Gasteiger partial charge in [-0.15, -0.1) is 0 Å². The van der Waals surface area contributed by atoms with Crippen LogP contribution in [0, 0.1) is 18.8 Å². The second-order valence-electron chi connectivity index (χ2n) is 8.14. The number of Topliss-reactive ketones (excluding diaryl/α,β-unsaturated/α-hetero) is 1. The molecule has 1 saturated carbocycles. The van der Waals surface area contributed by atoms with Gasteiger partial charge in [0.15, 0.2) is 11.7 Å². The maximum Gasteiger partial charge on any atom is 0.238 e. The molecule has 5 nitrogen and oxygen atoms in total. The van der Waals surface area contributed by atoms with E-state index in [2.05, 4.69) is 15.0 Å². The van der Waals surface area contributed by atoms with Crippen LogP contribution < -0.4 is 0 Å². The average Bonchev–Trinajstić information content (AvgIpc) is 3.18. The van der Waals surface area contributed by atoms with Crippen molar-refractivity contribution in [2.45, 2.75) is 58.3 Å². The first kappa shape index (κ1) is 20.6. The zero-order valence-corrected chi connectivity index (χ0v) is 17.0. The number of carbonyl (C=O) groups excluding carboxylic acids is 1. The normalized spacial score (nSPS) is 19.5. The van der Waals surface area contributed by atoms with Crippen LogP contribution >= 0.6 is 0 Å². The molecule has 30 heavy (non-hydrogen) atoms. The molecular weight excluding hydrogens is 388 g/mol. The highest BCUT2D eigenvalue weighted by Gasteiger charge is 2.26. The van der Waals surface area contributed by atoms with Crippen LogP contribution in [0.4, 0.5) is 8.78 Å². The number of carbonyl (C=O) groups is 1. The van der Waals surface area contributed by atoms with Crippen LogP contribution in [-0.4, -0.2) is 27.2 Å². The maximum atomic E-state index is 12.8. The van der Waals surface area contributed by atoms with E-state index in [0.717, 1.165) is 36.6 Å². The highest BCUT2D eigenvalue weighted by atomic mass is 19.3. The summed E-state index contributed by atoms with van der Waals surface area (Å²) in [5, 5.41) is 0.894. The molecule has 3 aromatic rings. The number of alkyl halides is 2. The molecule has 0 N–H and O–H groups in total. The van der Waals surface area contributed by atoms with Crippen LogP contribution in [-0.2, 0) is 11.2 Å². The number of hydrogen-bond acceptors (Lipinski definition) is 5. The van der Waals surface area contributed by atoms with Crippen LogP contribution in [0.2, 0.25) is 0 Å². The number of ketones is 1. The minimum Gasteiger partial charge on any atom is -0.439 e. The van der Waals surface area contributed by atoms with Gasteiger partial charge in [-0.2, -0.15) is 0 Å². The number of aromatic nitrogens is 3. The Labute approximate surface area is 173 Å². The Morgan fingerprint density at radius 1 is 1.17 bits per heavy atom. The van der Waals surface area contributed by atoms with E-state index in [0.29, 0.717) is 35.4 Å². The third-order valence-corrected chi connectivity index (χ3v) is 5.95. The van der Waals surface area contributed by atoms with Gasteiger partial charge in [-0.05, 0) is 56.2 Å². The summed E-state index contributed by atoms with van der Waals surface area (Å²) in [5.41, 5.74) is 2.15. The van der Waals surface area contributed by atoms with Gasteiger partial charge in [0.1, 0.15) is 11.5 Å². The molecular formula is C23H25F2N3O2. The summed E-state index contributed by atoms with van der Waals surface area (Å²) in [4.78, 5) is 25.9. The average molecular weight is 413 g/mol. The molecule has 0 unspecified atom stereocenters. The van der Waals surface area contributed by atoms with E-state index in [1.54, 1.807) is 19.3 Å². The Hall–Kier alpha value is -2.70. The molecule has 0 aliphatic heterocycles. The lowest BCUT2D eigenvalue weighted by Crippen LogP contribution is -2.23. The Balaban J connectivity index is 1.40. The fourth-order valence-corrected chi connectivity index (χ4v) is 4.23. The second kappa shape index (κ2) is 8.98. The number of oxazole rings is 1. The minimum absolute atomic E-state index is 0.00163. The van der Waals surface area contributed by atoms with Crippen molar-refractivity contribution in [3.63, 3.8) is 0 Å². The van der Waals surface area contributed by atoms with E-state index in [9.17, 15) is 13.6 Å². The van der Waals surface area contributed by atoms with Gasteiger partial charge in [-0.25, -0.2) is 18.7 Å². The molecule has 1 aliphatic carbocycles. The highest BCUT2D eigenvalue weighted by molar-refractivity contribution is 5.85. The quantitative estimate of drug-likeness (QED) is 0.507. The monoisotopic (exact) mass is 413 g/mol. The molecule has 0 spiro atoms. The molecule has 3 aromatic heterocycles. The predicted octanol–water partition coefficient (Wildman–Crippen LogP) is 5.56. The fraction of sp³-hybridized carbons (Fsp3) is 0.478. The highest BCUT2D eigenvalue weighted by Crippen LogP contribution is 2.33. The van der Waals surface area contributed by atoms with Crippen molar-refractivity contribution in [3.8, 4) is 11.5 Å². The van der Waals surface area contributed by atoms with E-state index >= 15 is 0 Å². The molecule has 158 valence electrons. The van der Waals surface area contributed by atoms with Gasteiger partial charge in [0.2, 0.25) is 6.43 Å². The first-order valence-corrected chi connectivity index (χ1v) is 10.5. The van der Waals surface area contributed by atoms with E-state index in [1.165, 1.54) is 0 Å². The third-order valence-electron chi connectivity index (χ3n) is 5.95. The lowest BCUT2D eigenvalue weighted by Gasteiger charge is -2.27. The summed E-state index contributed by atoms with van der Waals surface area (Å²) in [6.45, 7) is 1.78. The minimum atomic E-state index is -2.23. The van der Waals surface area contributed by atoms with Crippen molar-refractivity contribution in [2.75, 3.05) is 0 Å². The summed E-state index contributed by atoms with van der Waals surface area (Å²) < 4.78 is 30.3. The number of halogens is 2. The number of hydrogen-bond donors (Lipinski definition) is 0. The first-order valence-electron chi connectivity index (χ1n) is 10.5. The topological polar surface area (TPSA) is 68.9 Å². The van der Waals surface area contributed by atoms with Gasteiger partial charge in [-0.1, -0.05) is 0 Å². The van der Waals surface area contributed by atoms with Gasteiger partial charge >= 0.3 is 0 Å². The summed E-state index contributed by atoms with van der Waals surface area (Å²) in [5.74, 6) is 1.69. The maximum absolute atomic E-state index is 12.8. The van der Waals surface area contributed by atoms with Crippen LogP contribution in [0.15, 0.2) is 35.0 Å². The van der Waals surface area contributed by atoms with Gasteiger partial charge < -0.3 is 4.42 Å². The molecule has 3 heterocycles. The molecule has 0 radical (unpaired) electrons. The van der Waals surface area contributed by atoms with Crippen molar-refractivity contribution in [3.05, 3.63) is 42.2 Å². The van der Waals surface area contributed by atoms with Gasteiger partial charge in [-0.3, -0.25) is 9.78 Å². The van der Waals surface area contributed by atoms with E-state index in [4.69, 9.17) is 4.42 Å². The molecule has 0 aromatic carbocycles. The standard InChI is InChI=1S/C23H25F2N3O2/c1-14-26-13-22(30-14)19-8-7-17-12-27-18(10-20(17)28-19)11-21(29)16-5-2-15(3-6-16)4-9-23(24)25/h7-8,10,12-13,15-16,23H,2-6,9,11H2,1H3. The van der Waals surface area contributed by atoms with Crippen LogP contribution in [0.5, 0.6) is 0 Å². The molecule has 7 heteroatoms. The van der Waals surface area contributed by atoms with Crippen LogP contribution in [0.1, 0.15) is 50.1 Å². The molecule has 0 bridgehead atoms. The van der Waals surface area contributed by atoms with E-state index in [-0.39, 0.29) is 24.5 Å². The summed E-state index contributed by atoms with van der Waals surface area (Å²) in [6.07, 6.45) is 5.23. The lowest BCUT2D eigenvalue weighted by atomic mass is 9.77. The summed E-state index contributed by atoms with van der Waals surface area (Å²) >= 11 is 0. The number of pyridine rings is 2. The van der Waals surface area contributed by atoms with Crippen molar-refractivity contribution in [1.82, 2.24) is 15.0 Å². The third kappa shape index (κ3) is 4.89. The number of aryl methyl sites for hydroxylation is 1. The van der Waals surface area contributed by atoms with Gasteiger partial charge in [0.25, 0.3) is 0 Å². The molecule has 0 amide bonds. The summed E-state index contributed by atoms with van der Waals surface area (Å²) in [7, 11) is 0. The Kier molecular flexibility index (Phi) is 6.16. The molecule has 1 fully saturated rings. The molecule has 0 saturated heterocycles. The zero-order valence-electron chi connectivity index (χ0n) is 17.0. The number of nitrogens with zero attached hydrogens (tertiary/aromatic N) is 3. The van der Waals surface area contributed by atoms with Crippen molar-refractivity contribution in [1.29, 1.82) is 0 Å². The second-order valence-corrected chi connectivity index (χ2v) is 8.14. The van der Waals surface area contributed by atoms with Crippen LogP contribution in [0.3, 0.4) is 0 Å². The van der Waals surface area contributed by atoms with Crippen molar-refractivity contribution < 1.29 is 18.0 Å². The Morgan fingerprint density at radius 3 is 2.67 bits per heavy atom. The van der Waals surface area contributed by atoms with Gasteiger partial charge in [0, 0.05) is 43.0 Å². The first-order chi connectivity index (χ1) is 14.5. The van der Waals surface area contributed by atoms with E-state index in [1.807, 2.05) is 18.2 Å². The molecule has 1 aliphatic rings. The molecule has 0 atom stereocenters. The van der Waals surface area contributed by atoms with E-state index < -0.39 is 6.43 Å². The lowest BCUT2D eigenvalue weighted by molar-refractivity contribution is -0.123. The largest absolute Gasteiger partial charge is 0.439 e. The zero-order chi connectivity index (χ0) is 21.1. The Morgan fingerprint density at radius 2 is 1.97 bits per heavy atom. The molecule has 4 rings (SSSR count). The summed E-state index contributed by atoms with van der Waals surface area (Å²) in [6, 6.07) is 5.64. The van der Waals surface area contributed by atoms with Gasteiger partial charge in [0.05, 0.1) is 11.7 Å². The fourth-order valence-electron chi connectivity index (χ4n) is 4.23. The number of fused-ring (bicyclic) bond motifs is 1. The van der Waals surface area contributed by atoms with Crippen molar-refractivity contribution >= 4 is 16.7 Å². The van der Waals surface area contributed by atoms with Crippen molar-refractivity contribution in [2.24, 2.45) is 11.8 Å². The number of rotatable bonds is 7. The van der Waals surface area contributed by atoms with Crippen LogP contribution in [0.25, 0.3) is 22.4 Å². The Bertz CT molecular complexity index is 1030. The SMILES string of the molecule is Cc1ncc(-c2ccc3cnc(CC(=O)C4CCC(CCC(F)F)CC4)cc3n2)o1. The smallest absolute Gasteiger partial charge is 0.238 e. The predicted molar refractivity (Wildman–Crippen MR) is 109 cm³/mol.